The minimum Gasteiger partial charge on any atom is -0.496 e. The van der Waals surface area contributed by atoms with Gasteiger partial charge in [-0.2, -0.15) is 0 Å². The molecule has 3 aromatic carbocycles. The zero-order chi connectivity index (χ0) is 22.2. The average molecular weight is 419 g/mol. The van der Waals surface area contributed by atoms with Gasteiger partial charge in [0.1, 0.15) is 23.9 Å². The second kappa shape index (κ2) is 7.99. The van der Waals surface area contributed by atoms with Crippen molar-refractivity contribution in [1.29, 1.82) is 0 Å². The Kier molecular flexibility index (Phi) is 5.36. The van der Waals surface area contributed by atoms with Gasteiger partial charge in [-0.05, 0) is 62.2 Å². The number of hydrogen-bond acceptors (Lipinski definition) is 4. The highest BCUT2D eigenvalue weighted by Gasteiger charge is 2.27. The Labute approximate surface area is 182 Å². The number of hydrogen-bond donors (Lipinski definition) is 2. The average Bonchev–Trinajstić information content (AvgIpc) is 2.72. The van der Waals surface area contributed by atoms with Gasteiger partial charge in [0.05, 0.1) is 18.3 Å². The van der Waals surface area contributed by atoms with E-state index in [1.165, 1.54) is 12.1 Å². The highest BCUT2D eigenvalue weighted by Crippen LogP contribution is 2.43. The Morgan fingerprint density at radius 2 is 1.74 bits per heavy atom. The number of nitrogens with two attached hydrogens (primary N) is 1. The lowest BCUT2D eigenvalue weighted by molar-refractivity contribution is 0.308. The molecular formula is C26H27FN2O2. The fraction of sp³-hybridized carbons (Fsp3) is 0.231. The lowest BCUT2D eigenvalue weighted by Gasteiger charge is -2.33. The molecule has 5 heteroatoms. The predicted molar refractivity (Wildman–Crippen MR) is 125 cm³/mol. The molecule has 0 aromatic heterocycles. The molecule has 4 nitrogen and oxygen atoms in total. The van der Waals surface area contributed by atoms with E-state index >= 15 is 0 Å². The summed E-state index contributed by atoms with van der Waals surface area (Å²) in [6.45, 7) is 6.68. The van der Waals surface area contributed by atoms with Crippen molar-refractivity contribution < 1.29 is 13.9 Å². The molecule has 0 saturated carbocycles. The van der Waals surface area contributed by atoms with E-state index in [0.717, 1.165) is 33.5 Å². The summed E-state index contributed by atoms with van der Waals surface area (Å²) in [6.07, 6.45) is 2.21. The number of para-hydroxylation sites is 2. The first kappa shape index (κ1) is 20.8. The van der Waals surface area contributed by atoms with E-state index in [1.807, 2.05) is 30.3 Å². The van der Waals surface area contributed by atoms with E-state index < -0.39 is 0 Å². The monoisotopic (exact) mass is 418 g/mol. The van der Waals surface area contributed by atoms with Crippen LogP contribution in [0.4, 0.5) is 15.8 Å². The molecule has 1 heterocycles. The summed E-state index contributed by atoms with van der Waals surface area (Å²) in [5.41, 5.74) is 12.5. The van der Waals surface area contributed by atoms with Crippen LogP contribution in [0.5, 0.6) is 11.5 Å². The molecule has 1 aliphatic rings. The molecule has 160 valence electrons. The lowest BCUT2D eigenvalue weighted by Crippen LogP contribution is -2.32. The number of allylic oxidation sites excluding steroid dienone is 1. The predicted octanol–water partition coefficient (Wildman–Crippen LogP) is 6.27. The molecule has 0 fully saturated rings. The SMILES string of the molecule is COc1cc(F)ccc1-c1ccc2c(c1COc1ccccc1N)C(C)=CC(C)(C)N2. The highest BCUT2D eigenvalue weighted by atomic mass is 19.1. The third kappa shape index (κ3) is 4.08. The van der Waals surface area contributed by atoms with Crippen molar-refractivity contribution >= 4 is 16.9 Å². The number of fused-ring (bicyclic) bond motifs is 1. The van der Waals surface area contributed by atoms with E-state index in [2.05, 4.69) is 38.2 Å². The summed E-state index contributed by atoms with van der Waals surface area (Å²) in [6, 6.07) is 16.1. The second-order valence-electron chi connectivity index (χ2n) is 8.36. The number of nitrogen functional groups attached to an aromatic ring is 1. The van der Waals surface area contributed by atoms with Crippen molar-refractivity contribution in [2.45, 2.75) is 32.9 Å². The summed E-state index contributed by atoms with van der Waals surface area (Å²) in [5, 5.41) is 3.59. The molecule has 0 spiro atoms. The smallest absolute Gasteiger partial charge is 0.142 e. The van der Waals surface area contributed by atoms with Gasteiger partial charge in [0, 0.05) is 28.4 Å². The van der Waals surface area contributed by atoms with Crippen LogP contribution in [0.3, 0.4) is 0 Å². The molecule has 4 rings (SSSR count). The minimum absolute atomic E-state index is 0.159. The second-order valence-corrected chi connectivity index (χ2v) is 8.36. The van der Waals surface area contributed by atoms with E-state index in [9.17, 15) is 4.39 Å². The minimum atomic E-state index is -0.340. The van der Waals surface area contributed by atoms with Crippen LogP contribution >= 0.6 is 0 Å². The Morgan fingerprint density at radius 3 is 2.48 bits per heavy atom. The van der Waals surface area contributed by atoms with Gasteiger partial charge in [-0.3, -0.25) is 0 Å². The lowest BCUT2D eigenvalue weighted by atomic mass is 9.85. The Balaban J connectivity index is 1.88. The third-order valence-electron chi connectivity index (χ3n) is 5.49. The highest BCUT2D eigenvalue weighted by molar-refractivity contribution is 5.88. The van der Waals surface area contributed by atoms with Gasteiger partial charge in [-0.1, -0.05) is 24.3 Å². The van der Waals surface area contributed by atoms with Gasteiger partial charge in [-0.15, -0.1) is 0 Å². The Hall–Kier alpha value is -3.47. The zero-order valence-corrected chi connectivity index (χ0v) is 18.3. The van der Waals surface area contributed by atoms with Crippen LogP contribution in [0.25, 0.3) is 16.7 Å². The molecule has 1 aliphatic heterocycles. The number of anilines is 2. The van der Waals surface area contributed by atoms with Gasteiger partial charge in [0.15, 0.2) is 0 Å². The molecule has 0 bridgehead atoms. The Morgan fingerprint density at radius 1 is 1.00 bits per heavy atom. The molecule has 3 aromatic rings. The summed E-state index contributed by atoms with van der Waals surface area (Å²) in [4.78, 5) is 0. The van der Waals surface area contributed by atoms with Crippen molar-refractivity contribution in [2.24, 2.45) is 0 Å². The largest absolute Gasteiger partial charge is 0.496 e. The van der Waals surface area contributed by atoms with Crippen molar-refractivity contribution in [3.05, 3.63) is 77.6 Å². The first-order chi connectivity index (χ1) is 14.8. The molecule has 0 saturated heterocycles. The molecule has 0 amide bonds. The maximum atomic E-state index is 13.8. The van der Waals surface area contributed by atoms with Crippen LogP contribution in [0.2, 0.25) is 0 Å². The van der Waals surface area contributed by atoms with Crippen LogP contribution in [0.1, 0.15) is 31.9 Å². The molecule has 3 N–H and O–H groups in total. The van der Waals surface area contributed by atoms with E-state index in [4.69, 9.17) is 15.2 Å². The zero-order valence-electron chi connectivity index (χ0n) is 18.3. The number of benzene rings is 3. The fourth-order valence-corrected chi connectivity index (χ4v) is 4.25. The van der Waals surface area contributed by atoms with Crippen molar-refractivity contribution in [2.75, 3.05) is 18.2 Å². The van der Waals surface area contributed by atoms with Crippen LogP contribution < -0.4 is 20.5 Å². The summed E-state index contributed by atoms with van der Waals surface area (Å²) in [7, 11) is 1.55. The number of nitrogens with one attached hydrogen (secondary N) is 1. The Bertz CT molecular complexity index is 1170. The van der Waals surface area contributed by atoms with Crippen LogP contribution in [-0.4, -0.2) is 12.6 Å². The normalized spacial score (nSPS) is 14.3. The third-order valence-corrected chi connectivity index (χ3v) is 5.49. The van der Waals surface area contributed by atoms with Gasteiger partial charge in [0.2, 0.25) is 0 Å². The van der Waals surface area contributed by atoms with Crippen LogP contribution in [0.15, 0.2) is 60.7 Å². The summed E-state index contributed by atoms with van der Waals surface area (Å²) >= 11 is 0. The number of methoxy groups -OCH3 is 1. The van der Waals surface area contributed by atoms with Gasteiger partial charge in [-0.25, -0.2) is 4.39 Å². The van der Waals surface area contributed by atoms with Crippen LogP contribution in [-0.2, 0) is 6.61 Å². The van der Waals surface area contributed by atoms with Gasteiger partial charge >= 0.3 is 0 Å². The molecule has 0 unspecified atom stereocenters. The molecule has 31 heavy (non-hydrogen) atoms. The number of ether oxygens (including phenoxy) is 2. The molecular weight excluding hydrogens is 391 g/mol. The molecule has 0 atom stereocenters. The summed E-state index contributed by atoms with van der Waals surface area (Å²) < 4.78 is 25.5. The maximum Gasteiger partial charge on any atom is 0.142 e. The molecule has 0 aliphatic carbocycles. The first-order valence-corrected chi connectivity index (χ1v) is 10.2. The van der Waals surface area contributed by atoms with Gasteiger partial charge < -0.3 is 20.5 Å². The van der Waals surface area contributed by atoms with Gasteiger partial charge in [0.25, 0.3) is 0 Å². The quantitative estimate of drug-likeness (QED) is 0.480. The summed E-state index contributed by atoms with van der Waals surface area (Å²) in [5.74, 6) is 0.766. The van der Waals surface area contributed by atoms with E-state index in [0.29, 0.717) is 23.8 Å². The van der Waals surface area contributed by atoms with E-state index in [1.54, 1.807) is 13.2 Å². The van der Waals surface area contributed by atoms with Crippen molar-refractivity contribution in [3.63, 3.8) is 0 Å². The van der Waals surface area contributed by atoms with Crippen molar-refractivity contribution in [3.8, 4) is 22.6 Å². The fourth-order valence-electron chi connectivity index (χ4n) is 4.25. The van der Waals surface area contributed by atoms with Crippen LogP contribution in [0, 0.1) is 5.82 Å². The number of halogens is 1. The topological polar surface area (TPSA) is 56.5 Å². The first-order valence-electron chi connectivity index (χ1n) is 10.2. The van der Waals surface area contributed by atoms with E-state index in [-0.39, 0.29) is 11.4 Å². The van der Waals surface area contributed by atoms with Crippen molar-refractivity contribution in [1.82, 2.24) is 0 Å². The maximum absolute atomic E-state index is 13.8. The molecule has 0 radical (unpaired) electrons. The number of rotatable bonds is 5. The standard InChI is InChI=1S/C26H27FN2O2/c1-16-14-26(2,3)29-22-12-11-18(19-10-9-17(27)13-24(19)30-4)20(25(16)22)15-31-23-8-6-5-7-21(23)28/h5-14,29H,15,28H2,1-4H3.